The van der Waals surface area contributed by atoms with Gasteiger partial charge >= 0.3 is 12.0 Å². The van der Waals surface area contributed by atoms with Gasteiger partial charge in [-0.1, -0.05) is 12.1 Å². The van der Waals surface area contributed by atoms with Gasteiger partial charge in [0.15, 0.2) is 6.10 Å². The zero-order valence-electron chi connectivity index (χ0n) is 11.8. The molecule has 0 saturated heterocycles. The molecular weight excluding hydrogens is 276 g/mol. The SMILES string of the molecule is COc1cccc(CCNC(=O)NCC[C@H](O)C(=O)O)c1. The predicted octanol–water partition coefficient (Wildman–Crippen LogP) is 0.372. The second-order valence-corrected chi connectivity index (χ2v) is 4.43. The lowest BCUT2D eigenvalue weighted by atomic mass is 10.1. The van der Waals surface area contributed by atoms with Gasteiger partial charge in [0, 0.05) is 19.5 Å². The number of aliphatic hydroxyl groups is 1. The molecule has 7 heteroatoms. The summed E-state index contributed by atoms with van der Waals surface area (Å²) in [7, 11) is 1.59. The molecule has 1 aromatic rings. The molecule has 0 saturated carbocycles. The summed E-state index contributed by atoms with van der Waals surface area (Å²) in [5.41, 5.74) is 1.04. The number of hydrogen-bond donors (Lipinski definition) is 4. The molecule has 0 bridgehead atoms. The lowest BCUT2D eigenvalue weighted by molar-refractivity contribution is -0.146. The summed E-state index contributed by atoms with van der Waals surface area (Å²) in [5.74, 6) is -0.533. The van der Waals surface area contributed by atoms with Crippen LogP contribution in [0.4, 0.5) is 4.79 Å². The van der Waals surface area contributed by atoms with Gasteiger partial charge in [-0.05, 0) is 24.1 Å². The third-order valence-electron chi connectivity index (χ3n) is 2.82. The number of rotatable bonds is 8. The second-order valence-electron chi connectivity index (χ2n) is 4.43. The topological polar surface area (TPSA) is 108 Å². The number of amides is 2. The van der Waals surface area contributed by atoms with Crippen molar-refractivity contribution in [3.05, 3.63) is 29.8 Å². The normalized spacial score (nSPS) is 11.5. The molecule has 0 aliphatic rings. The highest BCUT2D eigenvalue weighted by atomic mass is 16.5. The van der Waals surface area contributed by atoms with Crippen LogP contribution in [0.15, 0.2) is 24.3 Å². The Bertz CT molecular complexity index is 478. The van der Waals surface area contributed by atoms with Gasteiger partial charge in [-0.3, -0.25) is 0 Å². The summed E-state index contributed by atoms with van der Waals surface area (Å²) >= 11 is 0. The molecule has 0 aromatic heterocycles. The molecule has 0 aliphatic carbocycles. The lowest BCUT2D eigenvalue weighted by Gasteiger charge is -2.09. The maximum atomic E-state index is 11.4. The maximum Gasteiger partial charge on any atom is 0.332 e. The Morgan fingerprint density at radius 3 is 2.67 bits per heavy atom. The number of ether oxygens (including phenoxy) is 1. The molecule has 1 aromatic carbocycles. The number of carboxylic acid groups (broad SMARTS) is 1. The van der Waals surface area contributed by atoms with Gasteiger partial charge in [0.2, 0.25) is 0 Å². The van der Waals surface area contributed by atoms with Crippen LogP contribution in [0.2, 0.25) is 0 Å². The van der Waals surface area contributed by atoms with Crippen molar-refractivity contribution in [1.82, 2.24) is 10.6 Å². The molecule has 21 heavy (non-hydrogen) atoms. The van der Waals surface area contributed by atoms with E-state index in [2.05, 4.69) is 10.6 Å². The Labute approximate surface area is 122 Å². The molecule has 1 atom stereocenters. The van der Waals surface area contributed by atoms with Crippen molar-refractivity contribution in [1.29, 1.82) is 0 Å². The first-order valence-corrected chi connectivity index (χ1v) is 6.58. The van der Waals surface area contributed by atoms with Crippen LogP contribution in [-0.2, 0) is 11.2 Å². The molecule has 0 radical (unpaired) electrons. The first-order chi connectivity index (χ1) is 10.0. The molecule has 1 rings (SSSR count). The van der Waals surface area contributed by atoms with E-state index in [1.807, 2.05) is 24.3 Å². The molecule has 116 valence electrons. The van der Waals surface area contributed by atoms with Gasteiger partial charge in [0.05, 0.1) is 7.11 Å². The molecule has 0 heterocycles. The number of nitrogens with one attached hydrogen (secondary N) is 2. The molecule has 0 fully saturated rings. The molecule has 2 amide bonds. The number of carbonyl (C=O) groups excluding carboxylic acids is 1. The molecular formula is C14H20N2O5. The van der Waals surface area contributed by atoms with Crippen molar-refractivity contribution in [2.75, 3.05) is 20.2 Å². The van der Waals surface area contributed by atoms with Gasteiger partial charge in [0.1, 0.15) is 5.75 Å². The zero-order chi connectivity index (χ0) is 15.7. The Morgan fingerprint density at radius 1 is 1.29 bits per heavy atom. The quantitative estimate of drug-likeness (QED) is 0.554. The summed E-state index contributed by atoms with van der Waals surface area (Å²) in [5, 5.41) is 22.6. The number of aliphatic hydroxyl groups excluding tert-OH is 1. The standard InChI is InChI=1S/C14H20N2O5/c1-21-11-4-2-3-10(9-11)5-7-15-14(20)16-8-6-12(17)13(18)19/h2-4,9,12,17H,5-8H2,1H3,(H,18,19)(H2,15,16,20)/t12-/m0/s1. The highest BCUT2D eigenvalue weighted by molar-refractivity contribution is 5.74. The number of methoxy groups -OCH3 is 1. The lowest BCUT2D eigenvalue weighted by Crippen LogP contribution is -2.38. The molecule has 7 nitrogen and oxygen atoms in total. The fraction of sp³-hybridized carbons (Fsp3) is 0.429. The third-order valence-corrected chi connectivity index (χ3v) is 2.82. The number of aliphatic carboxylic acids is 1. The van der Waals surface area contributed by atoms with E-state index in [1.54, 1.807) is 7.11 Å². The average molecular weight is 296 g/mol. The van der Waals surface area contributed by atoms with E-state index >= 15 is 0 Å². The van der Waals surface area contributed by atoms with Crippen LogP contribution in [0, 0.1) is 0 Å². The fourth-order valence-corrected chi connectivity index (χ4v) is 1.66. The molecule has 0 spiro atoms. The third kappa shape index (κ3) is 6.62. The largest absolute Gasteiger partial charge is 0.497 e. The van der Waals surface area contributed by atoms with E-state index in [1.165, 1.54) is 0 Å². The summed E-state index contributed by atoms with van der Waals surface area (Å²) in [6.45, 7) is 0.541. The van der Waals surface area contributed by atoms with E-state index in [4.69, 9.17) is 14.9 Å². The fourth-order valence-electron chi connectivity index (χ4n) is 1.66. The molecule has 0 unspecified atom stereocenters. The van der Waals surface area contributed by atoms with Gasteiger partial charge in [-0.25, -0.2) is 9.59 Å². The number of carboxylic acids is 1. The summed E-state index contributed by atoms with van der Waals surface area (Å²) < 4.78 is 5.11. The van der Waals surface area contributed by atoms with Crippen LogP contribution >= 0.6 is 0 Å². The van der Waals surface area contributed by atoms with Crippen LogP contribution in [0.1, 0.15) is 12.0 Å². The van der Waals surface area contributed by atoms with Crippen molar-refractivity contribution in [2.24, 2.45) is 0 Å². The van der Waals surface area contributed by atoms with Crippen LogP contribution < -0.4 is 15.4 Å². The van der Waals surface area contributed by atoms with E-state index < -0.39 is 18.1 Å². The van der Waals surface area contributed by atoms with E-state index in [0.717, 1.165) is 11.3 Å². The maximum absolute atomic E-state index is 11.4. The number of hydrogen-bond acceptors (Lipinski definition) is 4. The van der Waals surface area contributed by atoms with Crippen LogP contribution in [0.5, 0.6) is 5.75 Å². The van der Waals surface area contributed by atoms with Crippen molar-refractivity contribution in [2.45, 2.75) is 18.9 Å². The highest BCUT2D eigenvalue weighted by Crippen LogP contribution is 2.12. The van der Waals surface area contributed by atoms with Crippen LogP contribution in [0.25, 0.3) is 0 Å². The number of benzene rings is 1. The first-order valence-electron chi connectivity index (χ1n) is 6.58. The van der Waals surface area contributed by atoms with Gasteiger partial charge in [-0.15, -0.1) is 0 Å². The van der Waals surface area contributed by atoms with Gasteiger partial charge in [0.25, 0.3) is 0 Å². The first kappa shape index (κ1) is 16.8. The van der Waals surface area contributed by atoms with Crippen molar-refractivity contribution in [3.63, 3.8) is 0 Å². The van der Waals surface area contributed by atoms with Crippen LogP contribution in [-0.4, -0.2) is 48.5 Å². The Morgan fingerprint density at radius 2 is 2.00 bits per heavy atom. The molecule has 0 aliphatic heterocycles. The Kier molecular flexibility index (Phi) is 7.03. The second kappa shape index (κ2) is 8.80. The van der Waals surface area contributed by atoms with Gasteiger partial charge < -0.3 is 25.6 Å². The van der Waals surface area contributed by atoms with E-state index in [-0.39, 0.29) is 13.0 Å². The number of carbonyl (C=O) groups is 2. The minimum atomic E-state index is -1.46. The predicted molar refractivity (Wildman–Crippen MR) is 76.4 cm³/mol. The average Bonchev–Trinajstić information content (AvgIpc) is 2.47. The van der Waals surface area contributed by atoms with Crippen molar-refractivity contribution >= 4 is 12.0 Å². The van der Waals surface area contributed by atoms with Crippen LogP contribution in [0.3, 0.4) is 0 Å². The smallest absolute Gasteiger partial charge is 0.332 e. The summed E-state index contributed by atoms with van der Waals surface area (Å²) in [6.07, 6.45) is -0.830. The number of urea groups is 1. The van der Waals surface area contributed by atoms with E-state index in [9.17, 15) is 9.59 Å². The minimum absolute atomic E-state index is 0.0291. The highest BCUT2D eigenvalue weighted by Gasteiger charge is 2.12. The monoisotopic (exact) mass is 296 g/mol. The van der Waals surface area contributed by atoms with E-state index in [0.29, 0.717) is 13.0 Å². The van der Waals surface area contributed by atoms with Crippen molar-refractivity contribution in [3.8, 4) is 5.75 Å². The summed E-state index contributed by atoms with van der Waals surface area (Å²) in [4.78, 5) is 21.8. The van der Waals surface area contributed by atoms with Crippen molar-refractivity contribution < 1.29 is 24.5 Å². The zero-order valence-corrected chi connectivity index (χ0v) is 11.8. The Balaban J connectivity index is 2.19. The Hall–Kier alpha value is -2.28. The minimum Gasteiger partial charge on any atom is -0.497 e. The van der Waals surface area contributed by atoms with Gasteiger partial charge in [-0.2, -0.15) is 0 Å². The summed E-state index contributed by atoms with van der Waals surface area (Å²) in [6, 6.07) is 7.16. The molecule has 4 N–H and O–H groups in total.